The third-order valence-corrected chi connectivity index (χ3v) is 7.05. The first-order valence-corrected chi connectivity index (χ1v) is 11.5. The number of carbonyl (C=O) groups is 2. The van der Waals surface area contributed by atoms with E-state index in [9.17, 15) is 9.59 Å². The first-order chi connectivity index (χ1) is 15.0. The number of likely N-dealkylation sites (tertiary alicyclic amines) is 1. The Kier molecular flexibility index (Phi) is 7.80. The molecule has 2 aromatic rings. The summed E-state index contributed by atoms with van der Waals surface area (Å²) in [6.07, 6.45) is 1.24. The van der Waals surface area contributed by atoms with Crippen molar-refractivity contribution in [3.8, 4) is 0 Å². The van der Waals surface area contributed by atoms with Crippen molar-refractivity contribution in [2.75, 3.05) is 38.8 Å². The van der Waals surface area contributed by atoms with E-state index >= 15 is 0 Å². The minimum Gasteiger partial charge on any atom is -0.467 e. The molecule has 1 aliphatic rings. The molecule has 1 aromatic heterocycles. The fraction of sp³-hybridized carbons (Fsp3) is 0.522. The number of methoxy groups -OCH3 is 2. The van der Waals surface area contributed by atoms with Gasteiger partial charge >= 0.3 is 5.97 Å². The summed E-state index contributed by atoms with van der Waals surface area (Å²) in [5.74, 6) is -0.445. The molecule has 3 rings (SSSR count). The Balaban J connectivity index is 1.83. The maximum Gasteiger partial charge on any atom is 0.332 e. The van der Waals surface area contributed by atoms with E-state index in [1.807, 2.05) is 49.7 Å². The standard InChI is InChI=1S/C23H31N3O4S/c1-5-20(27)26(18-9-7-6-8-10-18)23(22(28)30-4)11-13-25(14-12-23)15-19(29-3)21-17(2)24-16-31-21/h6-10,16,19H,5,11-15H2,1-4H3. The Hall–Kier alpha value is -2.29. The minimum absolute atomic E-state index is 0.0689. The van der Waals surface area contributed by atoms with Crippen molar-refractivity contribution in [3.05, 3.63) is 46.4 Å². The number of benzene rings is 1. The number of hydrogen-bond donors (Lipinski definition) is 0. The first-order valence-electron chi connectivity index (χ1n) is 10.6. The van der Waals surface area contributed by atoms with Crippen molar-refractivity contribution in [1.82, 2.24) is 9.88 Å². The molecular weight excluding hydrogens is 414 g/mol. The van der Waals surface area contributed by atoms with Crippen molar-refractivity contribution in [2.24, 2.45) is 0 Å². The highest BCUT2D eigenvalue weighted by atomic mass is 32.1. The lowest BCUT2D eigenvalue weighted by Gasteiger charge is -2.46. The van der Waals surface area contributed by atoms with Gasteiger partial charge in [0.1, 0.15) is 11.6 Å². The van der Waals surface area contributed by atoms with Gasteiger partial charge in [-0.3, -0.25) is 9.69 Å². The zero-order chi connectivity index (χ0) is 22.4. The highest BCUT2D eigenvalue weighted by Gasteiger charge is 2.50. The summed E-state index contributed by atoms with van der Waals surface area (Å²) in [5, 5.41) is 0. The molecule has 1 fully saturated rings. The predicted octanol–water partition coefficient (Wildman–Crippen LogP) is 3.59. The number of aryl methyl sites for hydroxylation is 1. The molecule has 8 heteroatoms. The molecule has 0 saturated carbocycles. The molecule has 7 nitrogen and oxygen atoms in total. The number of amides is 1. The highest BCUT2D eigenvalue weighted by Crippen LogP contribution is 2.36. The molecule has 0 bridgehead atoms. The third-order valence-electron chi connectivity index (χ3n) is 6.03. The fourth-order valence-corrected chi connectivity index (χ4v) is 5.17. The zero-order valence-electron chi connectivity index (χ0n) is 18.7. The van der Waals surface area contributed by atoms with E-state index in [4.69, 9.17) is 9.47 Å². The molecule has 2 heterocycles. The van der Waals surface area contributed by atoms with Crippen LogP contribution in [-0.4, -0.2) is 61.2 Å². The molecule has 31 heavy (non-hydrogen) atoms. The molecule has 1 aliphatic heterocycles. The lowest BCUT2D eigenvalue weighted by molar-refractivity contribution is -0.151. The number of carbonyl (C=O) groups excluding carboxylic acids is 2. The summed E-state index contributed by atoms with van der Waals surface area (Å²) >= 11 is 1.60. The molecule has 1 aromatic carbocycles. The molecule has 168 valence electrons. The number of anilines is 1. The Bertz CT molecular complexity index is 878. The van der Waals surface area contributed by atoms with Gasteiger partial charge in [0.15, 0.2) is 0 Å². The summed E-state index contributed by atoms with van der Waals surface area (Å²) in [4.78, 5) is 35.5. The van der Waals surface area contributed by atoms with Gasteiger partial charge in [-0.05, 0) is 31.9 Å². The van der Waals surface area contributed by atoms with Crippen LogP contribution in [0.25, 0.3) is 0 Å². The number of esters is 1. The molecule has 0 aliphatic carbocycles. The maximum atomic E-state index is 13.1. The van der Waals surface area contributed by atoms with Crippen molar-refractivity contribution in [2.45, 2.75) is 44.8 Å². The quantitative estimate of drug-likeness (QED) is 0.578. The van der Waals surface area contributed by atoms with E-state index in [0.717, 1.165) is 16.3 Å². The smallest absolute Gasteiger partial charge is 0.332 e. The third kappa shape index (κ3) is 4.81. The second-order valence-corrected chi connectivity index (χ2v) is 8.65. The van der Waals surface area contributed by atoms with E-state index < -0.39 is 5.54 Å². The van der Waals surface area contributed by atoms with E-state index in [2.05, 4.69) is 9.88 Å². The number of ether oxygens (including phenoxy) is 2. The maximum absolute atomic E-state index is 13.1. The molecule has 0 radical (unpaired) electrons. The van der Waals surface area contributed by atoms with Crippen LogP contribution in [0.4, 0.5) is 5.69 Å². The van der Waals surface area contributed by atoms with Crippen LogP contribution in [0.2, 0.25) is 0 Å². The molecule has 1 atom stereocenters. The summed E-state index contributed by atoms with van der Waals surface area (Å²) in [5.41, 5.74) is 2.54. The summed E-state index contributed by atoms with van der Waals surface area (Å²) in [6.45, 7) is 5.84. The number of thiazole rings is 1. The number of aromatic nitrogens is 1. The molecular formula is C23H31N3O4S. The fourth-order valence-electron chi connectivity index (χ4n) is 4.30. The van der Waals surface area contributed by atoms with Crippen molar-refractivity contribution < 1.29 is 19.1 Å². The number of para-hydroxylation sites is 1. The topological polar surface area (TPSA) is 72.0 Å². The van der Waals surface area contributed by atoms with Crippen LogP contribution in [0, 0.1) is 6.92 Å². The lowest BCUT2D eigenvalue weighted by Crippen LogP contribution is -2.62. The number of nitrogens with zero attached hydrogens (tertiary/aromatic N) is 3. The average molecular weight is 446 g/mol. The van der Waals surface area contributed by atoms with Crippen molar-refractivity contribution >= 4 is 28.9 Å². The van der Waals surface area contributed by atoms with Gasteiger partial charge in [0.25, 0.3) is 0 Å². The highest BCUT2D eigenvalue weighted by molar-refractivity contribution is 7.09. The molecule has 0 N–H and O–H groups in total. The largest absolute Gasteiger partial charge is 0.467 e. The Morgan fingerprint density at radius 3 is 2.42 bits per heavy atom. The molecule has 0 spiro atoms. The van der Waals surface area contributed by atoms with Gasteiger partial charge in [0.2, 0.25) is 5.91 Å². The average Bonchev–Trinajstić information content (AvgIpc) is 3.24. The normalized spacial score (nSPS) is 17.2. The van der Waals surface area contributed by atoms with Gasteiger partial charge in [-0.2, -0.15) is 0 Å². The van der Waals surface area contributed by atoms with Gasteiger partial charge in [-0.1, -0.05) is 25.1 Å². The second-order valence-electron chi connectivity index (χ2n) is 7.77. The first kappa shape index (κ1) is 23.4. The molecule has 1 unspecified atom stereocenters. The predicted molar refractivity (Wildman–Crippen MR) is 121 cm³/mol. The van der Waals surface area contributed by atoms with Crippen LogP contribution in [0.1, 0.15) is 42.9 Å². The summed E-state index contributed by atoms with van der Waals surface area (Å²) in [6, 6.07) is 9.41. The van der Waals surface area contributed by atoms with Gasteiger partial charge in [0, 0.05) is 38.9 Å². The van der Waals surface area contributed by atoms with Crippen LogP contribution >= 0.6 is 11.3 Å². The van der Waals surface area contributed by atoms with E-state index in [-0.39, 0.29) is 18.0 Å². The van der Waals surface area contributed by atoms with Gasteiger partial charge in [-0.25, -0.2) is 9.78 Å². The van der Waals surface area contributed by atoms with Gasteiger partial charge in [0.05, 0.1) is 23.2 Å². The van der Waals surface area contributed by atoms with Crippen molar-refractivity contribution in [1.29, 1.82) is 0 Å². The second kappa shape index (κ2) is 10.3. The van der Waals surface area contributed by atoms with Crippen LogP contribution in [0.3, 0.4) is 0 Å². The Labute approximate surface area is 188 Å². The van der Waals surface area contributed by atoms with Crippen LogP contribution < -0.4 is 4.90 Å². The number of piperidine rings is 1. The van der Waals surface area contributed by atoms with Crippen LogP contribution in [-0.2, 0) is 19.1 Å². The van der Waals surface area contributed by atoms with Crippen LogP contribution in [0.15, 0.2) is 35.8 Å². The monoisotopic (exact) mass is 445 g/mol. The van der Waals surface area contributed by atoms with Gasteiger partial charge < -0.3 is 14.4 Å². The number of rotatable bonds is 8. The van der Waals surface area contributed by atoms with E-state index in [1.54, 1.807) is 23.3 Å². The van der Waals surface area contributed by atoms with E-state index in [0.29, 0.717) is 38.9 Å². The van der Waals surface area contributed by atoms with Crippen molar-refractivity contribution in [3.63, 3.8) is 0 Å². The Morgan fingerprint density at radius 2 is 1.90 bits per heavy atom. The lowest BCUT2D eigenvalue weighted by atomic mass is 9.84. The van der Waals surface area contributed by atoms with Gasteiger partial charge in [-0.15, -0.1) is 11.3 Å². The van der Waals surface area contributed by atoms with E-state index in [1.165, 1.54) is 7.11 Å². The minimum atomic E-state index is -1.01. The SMILES string of the molecule is CCC(=O)N(c1ccccc1)C1(C(=O)OC)CCN(CC(OC)c2scnc2C)CC1. The van der Waals surface area contributed by atoms with Crippen LogP contribution in [0.5, 0.6) is 0 Å². The molecule has 1 saturated heterocycles. The summed E-state index contributed by atoms with van der Waals surface area (Å²) < 4.78 is 11.0. The molecule has 1 amide bonds. The zero-order valence-corrected chi connectivity index (χ0v) is 19.5. The summed E-state index contributed by atoms with van der Waals surface area (Å²) in [7, 11) is 3.10. The Morgan fingerprint density at radius 1 is 1.23 bits per heavy atom. The number of hydrogen-bond acceptors (Lipinski definition) is 7.